The zero-order valence-electron chi connectivity index (χ0n) is 13.0. The quantitative estimate of drug-likeness (QED) is 0.902. The molecule has 1 saturated heterocycles. The fourth-order valence-electron chi connectivity index (χ4n) is 2.71. The highest BCUT2D eigenvalue weighted by Gasteiger charge is 2.35. The Morgan fingerprint density at radius 3 is 2.68 bits per heavy atom. The highest BCUT2D eigenvalue weighted by atomic mass is 32.1. The Kier molecular flexibility index (Phi) is 4.33. The number of piperazine rings is 1. The van der Waals surface area contributed by atoms with Gasteiger partial charge in [0.05, 0.1) is 6.04 Å². The lowest BCUT2D eigenvalue weighted by Gasteiger charge is -2.46. The maximum atomic E-state index is 4.66. The largest absolute Gasteiger partial charge is 0.311 e. The van der Waals surface area contributed by atoms with Gasteiger partial charge in [-0.05, 0) is 26.2 Å². The van der Waals surface area contributed by atoms with E-state index in [0.717, 1.165) is 18.8 Å². The lowest BCUT2D eigenvalue weighted by Crippen LogP contribution is -2.59. The minimum atomic E-state index is 0.302. The summed E-state index contributed by atoms with van der Waals surface area (Å²) in [6.07, 6.45) is 0. The minimum absolute atomic E-state index is 0.302. The Labute approximate surface area is 121 Å². The van der Waals surface area contributed by atoms with Gasteiger partial charge >= 0.3 is 0 Å². The zero-order valence-corrected chi connectivity index (χ0v) is 13.8. The summed E-state index contributed by atoms with van der Waals surface area (Å²) in [4.78, 5) is 7.27. The van der Waals surface area contributed by atoms with Gasteiger partial charge in [0, 0.05) is 36.2 Å². The zero-order chi connectivity index (χ0) is 14.2. The van der Waals surface area contributed by atoms with E-state index >= 15 is 0 Å². The number of hydrogen-bond donors (Lipinski definition) is 1. The minimum Gasteiger partial charge on any atom is -0.311 e. The van der Waals surface area contributed by atoms with E-state index in [1.807, 2.05) is 0 Å². The first-order valence-electron chi connectivity index (χ1n) is 7.20. The highest BCUT2D eigenvalue weighted by Crippen LogP contribution is 2.30. The Morgan fingerprint density at radius 2 is 2.16 bits per heavy atom. The van der Waals surface area contributed by atoms with Gasteiger partial charge in [0.2, 0.25) is 0 Å². The van der Waals surface area contributed by atoms with Crippen LogP contribution < -0.4 is 5.32 Å². The van der Waals surface area contributed by atoms with E-state index in [9.17, 15) is 0 Å². The van der Waals surface area contributed by atoms with Crippen molar-refractivity contribution in [2.24, 2.45) is 5.41 Å². The average molecular weight is 281 g/mol. The first kappa shape index (κ1) is 14.9. The SMILES string of the molecule is Cc1csc(C(C)N2CC(C(C)(C)C)NCC2C)n1. The van der Waals surface area contributed by atoms with Gasteiger partial charge in [0.25, 0.3) is 0 Å². The number of thiazole rings is 1. The summed E-state index contributed by atoms with van der Waals surface area (Å²) in [5.74, 6) is 0. The summed E-state index contributed by atoms with van der Waals surface area (Å²) >= 11 is 1.79. The Balaban J connectivity index is 2.13. The van der Waals surface area contributed by atoms with Crippen LogP contribution in [0.2, 0.25) is 0 Å². The number of aromatic nitrogens is 1. The van der Waals surface area contributed by atoms with Gasteiger partial charge in [-0.2, -0.15) is 0 Å². The van der Waals surface area contributed by atoms with E-state index in [0.29, 0.717) is 23.5 Å². The highest BCUT2D eigenvalue weighted by molar-refractivity contribution is 7.09. The molecule has 3 unspecified atom stereocenters. The molecule has 0 bridgehead atoms. The maximum Gasteiger partial charge on any atom is 0.110 e. The van der Waals surface area contributed by atoms with Crippen molar-refractivity contribution in [3.8, 4) is 0 Å². The summed E-state index contributed by atoms with van der Waals surface area (Å²) < 4.78 is 0. The monoisotopic (exact) mass is 281 g/mol. The van der Waals surface area contributed by atoms with Crippen LogP contribution in [0.1, 0.15) is 51.4 Å². The third-order valence-electron chi connectivity index (χ3n) is 4.16. The number of nitrogens with zero attached hydrogens (tertiary/aromatic N) is 2. The number of hydrogen-bond acceptors (Lipinski definition) is 4. The summed E-state index contributed by atoms with van der Waals surface area (Å²) in [6.45, 7) is 15.8. The van der Waals surface area contributed by atoms with Crippen molar-refractivity contribution < 1.29 is 0 Å². The van der Waals surface area contributed by atoms with E-state index < -0.39 is 0 Å². The molecule has 1 aromatic heterocycles. The summed E-state index contributed by atoms with van der Waals surface area (Å²) in [6, 6.07) is 1.53. The molecule has 1 N–H and O–H groups in total. The molecular weight excluding hydrogens is 254 g/mol. The van der Waals surface area contributed by atoms with Crippen molar-refractivity contribution >= 4 is 11.3 Å². The first-order valence-corrected chi connectivity index (χ1v) is 8.08. The molecule has 1 aliphatic rings. The average Bonchev–Trinajstić information content (AvgIpc) is 2.74. The molecule has 0 aliphatic carbocycles. The molecule has 0 aromatic carbocycles. The molecule has 0 radical (unpaired) electrons. The van der Waals surface area contributed by atoms with Crippen molar-refractivity contribution in [3.63, 3.8) is 0 Å². The smallest absolute Gasteiger partial charge is 0.110 e. The molecule has 3 nitrogen and oxygen atoms in total. The fraction of sp³-hybridized carbons (Fsp3) is 0.800. The molecule has 1 aromatic rings. The maximum absolute atomic E-state index is 4.66. The molecule has 0 spiro atoms. The van der Waals surface area contributed by atoms with E-state index in [4.69, 9.17) is 0 Å². The van der Waals surface area contributed by atoms with Crippen LogP contribution in [0.4, 0.5) is 0 Å². The summed E-state index contributed by atoms with van der Waals surface area (Å²) in [5.41, 5.74) is 1.44. The molecule has 0 saturated carbocycles. The molecular formula is C15H27N3S. The molecule has 108 valence electrons. The van der Waals surface area contributed by atoms with Crippen molar-refractivity contribution in [3.05, 3.63) is 16.1 Å². The molecule has 3 atom stereocenters. The fourth-order valence-corrected chi connectivity index (χ4v) is 3.58. The molecule has 19 heavy (non-hydrogen) atoms. The van der Waals surface area contributed by atoms with Crippen molar-refractivity contribution in [1.82, 2.24) is 15.2 Å². The van der Waals surface area contributed by atoms with Crippen molar-refractivity contribution in [2.45, 2.75) is 59.7 Å². The normalized spacial score (nSPS) is 27.5. The van der Waals surface area contributed by atoms with Crippen molar-refractivity contribution in [2.75, 3.05) is 13.1 Å². The van der Waals surface area contributed by atoms with Gasteiger partial charge in [-0.25, -0.2) is 4.98 Å². The lowest BCUT2D eigenvalue weighted by atomic mass is 9.84. The molecule has 2 rings (SSSR count). The van der Waals surface area contributed by atoms with E-state index in [-0.39, 0.29) is 0 Å². The second-order valence-electron chi connectivity index (χ2n) is 6.88. The number of rotatable bonds is 2. The van der Waals surface area contributed by atoms with E-state index in [1.54, 1.807) is 11.3 Å². The summed E-state index contributed by atoms with van der Waals surface area (Å²) in [7, 11) is 0. The topological polar surface area (TPSA) is 28.2 Å². The van der Waals surface area contributed by atoms with Crippen LogP contribution in [0.3, 0.4) is 0 Å². The molecule has 1 fully saturated rings. The Bertz CT molecular complexity index is 421. The third kappa shape index (κ3) is 3.36. The van der Waals surface area contributed by atoms with Gasteiger partial charge in [-0.15, -0.1) is 11.3 Å². The van der Waals surface area contributed by atoms with Crippen molar-refractivity contribution in [1.29, 1.82) is 0 Å². The standard InChI is InChI=1S/C15H27N3S/c1-10-9-19-14(17-10)12(3)18-8-13(15(4,5)6)16-7-11(18)2/h9,11-13,16H,7-8H2,1-6H3. The first-order chi connectivity index (χ1) is 8.79. The molecule has 1 aliphatic heterocycles. The Morgan fingerprint density at radius 1 is 1.47 bits per heavy atom. The number of aryl methyl sites for hydroxylation is 1. The second kappa shape index (κ2) is 5.51. The second-order valence-corrected chi connectivity index (χ2v) is 7.77. The molecule has 4 heteroatoms. The predicted octanol–water partition coefficient (Wildman–Crippen LogP) is 3.22. The van der Waals surface area contributed by atoms with E-state index in [1.165, 1.54) is 5.01 Å². The van der Waals surface area contributed by atoms with Crippen LogP contribution in [0.5, 0.6) is 0 Å². The van der Waals surface area contributed by atoms with Gasteiger partial charge in [-0.1, -0.05) is 20.8 Å². The van der Waals surface area contributed by atoms with Crippen LogP contribution in [-0.2, 0) is 0 Å². The number of nitrogens with one attached hydrogen (secondary N) is 1. The van der Waals surface area contributed by atoms with Crippen LogP contribution in [-0.4, -0.2) is 35.1 Å². The van der Waals surface area contributed by atoms with Gasteiger partial charge in [0.1, 0.15) is 5.01 Å². The van der Waals surface area contributed by atoms with Gasteiger partial charge < -0.3 is 5.32 Å². The molecule has 0 amide bonds. The molecule has 2 heterocycles. The van der Waals surface area contributed by atoms with Gasteiger partial charge in [0.15, 0.2) is 0 Å². The predicted molar refractivity (Wildman–Crippen MR) is 82.7 cm³/mol. The van der Waals surface area contributed by atoms with Crippen LogP contribution in [0, 0.1) is 12.3 Å². The van der Waals surface area contributed by atoms with Crippen LogP contribution in [0.25, 0.3) is 0 Å². The van der Waals surface area contributed by atoms with Gasteiger partial charge in [-0.3, -0.25) is 4.90 Å². The van der Waals surface area contributed by atoms with Crippen LogP contribution in [0.15, 0.2) is 5.38 Å². The third-order valence-corrected chi connectivity index (χ3v) is 5.29. The van der Waals surface area contributed by atoms with Crippen LogP contribution >= 0.6 is 11.3 Å². The Hall–Kier alpha value is -0.450. The summed E-state index contributed by atoms with van der Waals surface area (Å²) in [5, 5.41) is 7.09. The lowest BCUT2D eigenvalue weighted by molar-refractivity contribution is 0.0627. The van der Waals surface area contributed by atoms with E-state index in [2.05, 4.69) is 62.1 Å².